The van der Waals surface area contributed by atoms with Crippen molar-refractivity contribution in [2.75, 3.05) is 32.2 Å². The lowest BCUT2D eigenvalue weighted by molar-refractivity contribution is -0.0519. The minimum Gasteiger partial charge on any atom is -0.394 e. The minimum atomic E-state index is -1.16. The van der Waals surface area contributed by atoms with Gasteiger partial charge in [0.1, 0.15) is 29.8 Å². The maximum Gasteiger partial charge on any atom is 0.165 e. The number of nitrogens with zero attached hydrogens (tertiary/aromatic N) is 4. The summed E-state index contributed by atoms with van der Waals surface area (Å²) in [6, 6.07) is 10.2. The second kappa shape index (κ2) is 7.88. The molecule has 1 fully saturated rings. The molecule has 0 bridgehead atoms. The van der Waals surface area contributed by atoms with Gasteiger partial charge in [-0.15, -0.1) is 0 Å². The standard InChI is InChI=1S/C19H25N5O4/c1-23-10-22-18-14(17(23)20-8-7-12-5-3-2-4-6-12)21-11-24(18)19-16(27)15(26)13(9-25)28-19/h2-6,11,13,15-16,19,22,25-27H,7-10H2,1H3/t13-,15-,16-,19-/m1/s1. The molecule has 9 nitrogen and oxygen atoms in total. The fourth-order valence-corrected chi connectivity index (χ4v) is 3.58. The molecule has 0 saturated carbocycles. The molecule has 28 heavy (non-hydrogen) atoms. The zero-order chi connectivity index (χ0) is 19.7. The van der Waals surface area contributed by atoms with Gasteiger partial charge in [0.25, 0.3) is 0 Å². The molecule has 150 valence electrons. The SMILES string of the molecule is CN1CNc2c(ncn2[C@@H]2O[C@H](CO)[C@@H](O)[C@H]2O)C1=NCCc1ccccc1. The lowest BCUT2D eigenvalue weighted by Gasteiger charge is -2.29. The van der Waals surface area contributed by atoms with E-state index < -0.39 is 24.5 Å². The molecule has 4 atom stereocenters. The van der Waals surface area contributed by atoms with Crippen molar-refractivity contribution < 1.29 is 20.1 Å². The van der Waals surface area contributed by atoms with Gasteiger partial charge in [-0.25, -0.2) is 4.98 Å². The van der Waals surface area contributed by atoms with Crippen LogP contribution in [0.4, 0.5) is 5.82 Å². The summed E-state index contributed by atoms with van der Waals surface area (Å²) in [5, 5.41) is 32.9. The molecule has 3 heterocycles. The van der Waals surface area contributed by atoms with Crippen molar-refractivity contribution in [3.8, 4) is 0 Å². The molecule has 2 aliphatic heterocycles. The quantitative estimate of drug-likeness (QED) is 0.562. The zero-order valence-corrected chi connectivity index (χ0v) is 15.6. The van der Waals surface area contributed by atoms with Crippen molar-refractivity contribution in [3.63, 3.8) is 0 Å². The number of nitrogens with one attached hydrogen (secondary N) is 1. The number of aliphatic hydroxyl groups is 3. The number of imidazole rings is 1. The lowest BCUT2D eigenvalue weighted by Crippen LogP contribution is -2.39. The molecular formula is C19H25N5O4. The van der Waals surface area contributed by atoms with Crippen molar-refractivity contribution in [1.29, 1.82) is 0 Å². The van der Waals surface area contributed by atoms with Crippen LogP contribution < -0.4 is 5.32 Å². The van der Waals surface area contributed by atoms with Crippen LogP contribution in [0.5, 0.6) is 0 Å². The number of hydrogen-bond donors (Lipinski definition) is 4. The van der Waals surface area contributed by atoms with Crippen LogP contribution in [0.15, 0.2) is 41.7 Å². The van der Waals surface area contributed by atoms with E-state index in [9.17, 15) is 15.3 Å². The van der Waals surface area contributed by atoms with Crippen molar-refractivity contribution >= 4 is 11.7 Å². The molecule has 0 unspecified atom stereocenters. The summed E-state index contributed by atoms with van der Waals surface area (Å²) in [5.41, 5.74) is 1.89. The predicted molar refractivity (Wildman–Crippen MR) is 103 cm³/mol. The zero-order valence-electron chi connectivity index (χ0n) is 15.6. The van der Waals surface area contributed by atoms with Gasteiger partial charge in [0, 0.05) is 13.6 Å². The van der Waals surface area contributed by atoms with Crippen molar-refractivity contribution in [1.82, 2.24) is 14.5 Å². The second-order valence-electron chi connectivity index (χ2n) is 7.05. The van der Waals surface area contributed by atoms with Gasteiger partial charge >= 0.3 is 0 Å². The first-order chi connectivity index (χ1) is 13.6. The summed E-state index contributed by atoms with van der Waals surface area (Å²) in [7, 11) is 1.93. The Kier molecular flexibility index (Phi) is 5.31. The number of aromatic nitrogens is 2. The van der Waals surface area contributed by atoms with Crippen LogP contribution in [0.3, 0.4) is 0 Å². The number of rotatable bonds is 5. The van der Waals surface area contributed by atoms with E-state index in [0.29, 0.717) is 24.7 Å². The fraction of sp³-hybridized carbons (Fsp3) is 0.474. The van der Waals surface area contributed by atoms with E-state index in [-0.39, 0.29) is 6.61 Å². The molecule has 9 heteroatoms. The molecule has 1 saturated heterocycles. The van der Waals surface area contributed by atoms with Crippen LogP contribution in [0, 0.1) is 0 Å². The topological polar surface area (TPSA) is 115 Å². The summed E-state index contributed by atoms with van der Waals surface area (Å²) in [4.78, 5) is 11.2. The summed E-state index contributed by atoms with van der Waals surface area (Å²) in [6.45, 7) is 0.787. The molecule has 0 amide bonds. The number of hydrogen-bond acceptors (Lipinski definition) is 7. The minimum absolute atomic E-state index is 0.367. The van der Waals surface area contributed by atoms with E-state index in [2.05, 4.69) is 22.4 Å². The number of anilines is 1. The molecular weight excluding hydrogens is 362 g/mol. The van der Waals surface area contributed by atoms with Crippen LogP contribution >= 0.6 is 0 Å². The highest BCUT2D eigenvalue weighted by Gasteiger charge is 2.44. The molecule has 0 aliphatic carbocycles. The number of aliphatic imine (C=N–C) groups is 1. The number of aliphatic hydroxyl groups excluding tert-OH is 3. The van der Waals surface area contributed by atoms with E-state index in [4.69, 9.17) is 9.73 Å². The Morgan fingerprint density at radius 2 is 2.04 bits per heavy atom. The Labute approximate surface area is 162 Å². The van der Waals surface area contributed by atoms with E-state index >= 15 is 0 Å². The van der Waals surface area contributed by atoms with Gasteiger partial charge < -0.3 is 30.3 Å². The van der Waals surface area contributed by atoms with Crippen molar-refractivity contribution in [2.45, 2.75) is 31.0 Å². The summed E-state index contributed by atoms with van der Waals surface area (Å²) in [6.07, 6.45) is -1.58. The Balaban J connectivity index is 1.56. The third-order valence-corrected chi connectivity index (χ3v) is 5.15. The van der Waals surface area contributed by atoms with Gasteiger partial charge in [0.15, 0.2) is 12.1 Å². The van der Waals surface area contributed by atoms with Crippen LogP contribution in [0.25, 0.3) is 0 Å². The van der Waals surface area contributed by atoms with E-state index in [1.807, 2.05) is 30.1 Å². The van der Waals surface area contributed by atoms with E-state index in [1.165, 1.54) is 5.56 Å². The summed E-state index contributed by atoms with van der Waals surface area (Å²) >= 11 is 0. The van der Waals surface area contributed by atoms with Crippen LogP contribution in [-0.4, -0.2) is 80.8 Å². The normalized spacial score (nSPS) is 28.4. The number of benzene rings is 1. The maximum absolute atomic E-state index is 10.3. The van der Waals surface area contributed by atoms with E-state index in [0.717, 1.165) is 12.3 Å². The molecule has 1 aromatic heterocycles. The molecule has 0 radical (unpaired) electrons. The first kappa shape index (κ1) is 18.9. The van der Waals surface area contributed by atoms with Crippen LogP contribution in [-0.2, 0) is 11.2 Å². The van der Waals surface area contributed by atoms with Gasteiger partial charge in [-0.2, -0.15) is 0 Å². The lowest BCUT2D eigenvalue weighted by atomic mass is 10.1. The molecule has 4 N–H and O–H groups in total. The van der Waals surface area contributed by atoms with Crippen LogP contribution in [0.1, 0.15) is 17.5 Å². The Morgan fingerprint density at radius 3 is 2.75 bits per heavy atom. The average Bonchev–Trinajstić information content (AvgIpc) is 3.26. The van der Waals surface area contributed by atoms with E-state index in [1.54, 1.807) is 10.9 Å². The predicted octanol–water partition coefficient (Wildman–Crippen LogP) is -0.201. The molecule has 4 rings (SSSR count). The average molecular weight is 387 g/mol. The Bertz CT molecular complexity index is 840. The number of fused-ring (bicyclic) bond motifs is 1. The second-order valence-corrected chi connectivity index (χ2v) is 7.05. The monoisotopic (exact) mass is 387 g/mol. The first-order valence-corrected chi connectivity index (χ1v) is 9.33. The third kappa shape index (κ3) is 3.37. The summed E-state index contributed by atoms with van der Waals surface area (Å²) in [5.74, 6) is 1.43. The van der Waals surface area contributed by atoms with Gasteiger partial charge in [-0.3, -0.25) is 9.56 Å². The Morgan fingerprint density at radius 1 is 1.25 bits per heavy atom. The highest BCUT2D eigenvalue weighted by molar-refractivity contribution is 6.02. The van der Waals surface area contributed by atoms with Gasteiger partial charge in [0.2, 0.25) is 0 Å². The fourth-order valence-electron chi connectivity index (χ4n) is 3.58. The highest BCUT2D eigenvalue weighted by Crippen LogP contribution is 2.34. The van der Waals surface area contributed by atoms with Gasteiger partial charge in [-0.05, 0) is 12.0 Å². The first-order valence-electron chi connectivity index (χ1n) is 9.33. The molecule has 0 spiro atoms. The molecule has 1 aromatic carbocycles. The summed E-state index contributed by atoms with van der Waals surface area (Å²) < 4.78 is 7.28. The van der Waals surface area contributed by atoms with Crippen molar-refractivity contribution in [2.24, 2.45) is 4.99 Å². The smallest absolute Gasteiger partial charge is 0.165 e. The molecule has 2 aromatic rings. The Hall–Kier alpha value is -2.46. The van der Waals surface area contributed by atoms with Gasteiger partial charge in [0.05, 0.1) is 19.6 Å². The van der Waals surface area contributed by atoms with Crippen LogP contribution in [0.2, 0.25) is 0 Å². The number of amidine groups is 1. The highest BCUT2D eigenvalue weighted by atomic mass is 16.6. The molecule has 2 aliphatic rings. The largest absolute Gasteiger partial charge is 0.394 e. The van der Waals surface area contributed by atoms with Gasteiger partial charge in [-0.1, -0.05) is 30.3 Å². The van der Waals surface area contributed by atoms with Crippen molar-refractivity contribution in [3.05, 3.63) is 47.9 Å². The third-order valence-electron chi connectivity index (χ3n) is 5.15. The number of ether oxygens (including phenoxy) is 1. The maximum atomic E-state index is 10.3.